The van der Waals surface area contributed by atoms with Gasteiger partial charge in [-0.05, 0) is 18.9 Å². The van der Waals surface area contributed by atoms with Gasteiger partial charge >= 0.3 is 5.97 Å². The average molecular weight is 259 g/mol. The van der Waals surface area contributed by atoms with E-state index < -0.39 is 12.3 Å². The lowest BCUT2D eigenvalue weighted by atomic mass is 10.3. The highest BCUT2D eigenvalue weighted by Crippen LogP contribution is 1.95. The first-order valence-corrected chi connectivity index (χ1v) is 5.86. The Morgan fingerprint density at radius 2 is 2.11 bits per heavy atom. The van der Waals surface area contributed by atoms with Gasteiger partial charge in [0.1, 0.15) is 0 Å². The number of amides is 1. The van der Waals surface area contributed by atoms with Crippen LogP contribution in [0.2, 0.25) is 0 Å². The lowest BCUT2D eigenvalue weighted by Crippen LogP contribution is -2.25. The van der Waals surface area contributed by atoms with Crippen molar-refractivity contribution in [2.75, 3.05) is 20.3 Å². The molecule has 0 rings (SSSR count). The van der Waals surface area contributed by atoms with Crippen molar-refractivity contribution in [3.8, 4) is 0 Å². The van der Waals surface area contributed by atoms with Crippen molar-refractivity contribution in [3.63, 3.8) is 0 Å². The lowest BCUT2D eigenvalue weighted by molar-refractivity contribution is -0.142. The predicted molar refractivity (Wildman–Crippen MR) is 65.6 cm³/mol. The standard InChI is InChI=1S/C12H21NO5/c1-3-11(15)18-9-5-4-8-13-10(14)6-7-12(16)17-2/h3,11,15H,1,4-9H2,2H3,(H,13,14). The van der Waals surface area contributed by atoms with E-state index in [9.17, 15) is 9.59 Å². The van der Waals surface area contributed by atoms with E-state index >= 15 is 0 Å². The molecule has 0 bridgehead atoms. The molecule has 0 aliphatic rings. The molecular weight excluding hydrogens is 238 g/mol. The maximum absolute atomic E-state index is 11.2. The van der Waals surface area contributed by atoms with Crippen LogP contribution in [0.3, 0.4) is 0 Å². The Morgan fingerprint density at radius 3 is 2.72 bits per heavy atom. The molecule has 2 N–H and O–H groups in total. The molecule has 6 nitrogen and oxygen atoms in total. The molecular formula is C12H21NO5. The Morgan fingerprint density at radius 1 is 1.39 bits per heavy atom. The van der Waals surface area contributed by atoms with Gasteiger partial charge in [-0.25, -0.2) is 0 Å². The highest BCUT2D eigenvalue weighted by atomic mass is 16.6. The number of aliphatic hydroxyl groups excluding tert-OH is 1. The minimum absolute atomic E-state index is 0.0942. The molecule has 0 radical (unpaired) electrons. The molecule has 6 heteroatoms. The van der Waals surface area contributed by atoms with Gasteiger partial charge in [0.15, 0.2) is 6.29 Å². The molecule has 0 saturated carbocycles. The van der Waals surface area contributed by atoms with Gasteiger partial charge in [0.25, 0.3) is 0 Å². The smallest absolute Gasteiger partial charge is 0.306 e. The van der Waals surface area contributed by atoms with Crippen LogP contribution in [0, 0.1) is 0 Å². The quantitative estimate of drug-likeness (QED) is 0.256. The van der Waals surface area contributed by atoms with Crippen molar-refractivity contribution < 1.29 is 24.2 Å². The molecule has 1 amide bonds. The van der Waals surface area contributed by atoms with E-state index in [4.69, 9.17) is 9.84 Å². The van der Waals surface area contributed by atoms with Crippen LogP contribution in [0.25, 0.3) is 0 Å². The Kier molecular flexibility index (Phi) is 9.90. The van der Waals surface area contributed by atoms with Crippen LogP contribution in [0.1, 0.15) is 25.7 Å². The SMILES string of the molecule is C=CC(O)OCCCCNC(=O)CCC(=O)OC. The third-order valence-electron chi connectivity index (χ3n) is 2.17. The molecule has 0 fully saturated rings. The van der Waals surface area contributed by atoms with Crippen LogP contribution in [0.4, 0.5) is 0 Å². The zero-order valence-corrected chi connectivity index (χ0v) is 10.7. The van der Waals surface area contributed by atoms with Crippen molar-refractivity contribution in [2.45, 2.75) is 32.0 Å². The Hall–Kier alpha value is -1.40. The maximum atomic E-state index is 11.2. The van der Waals surface area contributed by atoms with Crippen molar-refractivity contribution in [3.05, 3.63) is 12.7 Å². The summed E-state index contributed by atoms with van der Waals surface area (Å²) in [5.74, 6) is -0.565. The molecule has 1 atom stereocenters. The van der Waals surface area contributed by atoms with Crippen molar-refractivity contribution in [1.29, 1.82) is 0 Å². The minimum atomic E-state index is -0.931. The van der Waals surface area contributed by atoms with Crippen molar-refractivity contribution >= 4 is 11.9 Å². The van der Waals surface area contributed by atoms with Gasteiger partial charge in [0, 0.05) is 13.0 Å². The lowest BCUT2D eigenvalue weighted by Gasteiger charge is -2.07. The van der Waals surface area contributed by atoms with Gasteiger partial charge in [-0.1, -0.05) is 6.58 Å². The molecule has 18 heavy (non-hydrogen) atoms. The molecule has 0 aromatic rings. The fourth-order valence-electron chi connectivity index (χ4n) is 1.13. The fourth-order valence-corrected chi connectivity index (χ4v) is 1.13. The third kappa shape index (κ3) is 9.80. The molecule has 0 heterocycles. The summed E-state index contributed by atoms with van der Waals surface area (Å²) < 4.78 is 9.38. The zero-order chi connectivity index (χ0) is 13.8. The Balaban J connectivity index is 3.35. The van der Waals surface area contributed by atoms with E-state index in [-0.39, 0.29) is 18.7 Å². The maximum Gasteiger partial charge on any atom is 0.306 e. The summed E-state index contributed by atoms with van der Waals surface area (Å²) >= 11 is 0. The first-order chi connectivity index (χ1) is 8.60. The van der Waals surface area contributed by atoms with Crippen LogP contribution >= 0.6 is 0 Å². The molecule has 104 valence electrons. The number of methoxy groups -OCH3 is 1. The molecule has 1 unspecified atom stereocenters. The van der Waals surface area contributed by atoms with Crippen molar-refractivity contribution in [1.82, 2.24) is 5.32 Å². The third-order valence-corrected chi connectivity index (χ3v) is 2.17. The Labute approximate surface area is 107 Å². The van der Waals surface area contributed by atoms with Crippen LogP contribution in [0.5, 0.6) is 0 Å². The summed E-state index contributed by atoms with van der Waals surface area (Å²) in [5, 5.41) is 11.7. The second-order valence-electron chi connectivity index (χ2n) is 3.63. The van der Waals surface area contributed by atoms with Gasteiger partial charge in [-0.2, -0.15) is 0 Å². The number of hydrogen-bond acceptors (Lipinski definition) is 5. The highest BCUT2D eigenvalue weighted by molar-refractivity contribution is 5.81. The summed E-state index contributed by atoms with van der Waals surface area (Å²) in [6.07, 6.45) is 2.07. The molecule has 0 saturated heterocycles. The number of esters is 1. The summed E-state index contributed by atoms with van der Waals surface area (Å²) in [6.45, 7) is 4.30. The number of ether oxygens (including phenoxy) is 2. The van der Waals surface area contributed by atoms with E-state index in [2.05, 4.69) is 16.6 Å². The second kappa shape index (κ2) is 10.7. The van der Waals surface area contributed by atoms with Crippen LogP contribution < -0.4 is 5.32 Å². The summed E-state index contributed by atoms with van der Waals surface area (Å²) in [4.78, 5) is 22.0. The summed E-state index contributed by atoms with van der Waals surface area (Å²) in [5.41, 5.74) is 0. The number of hydrogen-bond donors (Lipinski definition) is 2. The minimum Gasteiger partial charge on any atom is -0.469 e. The molecule has 0 aliphatic heterocycles. The number of rotatable bonds is 10. The average Bonchev–Trinajstić information content (AvgIpc) is 2.39. The molecule has 0 aliphatic carbocycles. The number of unbranched alkanes of at least 4 members (excludes halogenated alkanes) is 1. The molecule has 0 spiro atoms. The number of nitrogens with one attached hydrogen (secondary N) is 1. The number of carbonyl (C=O) groups is 2. The fraction of sp³-hybridized carbons (Fsp3) is 0.667. The van der Waals surface area contributed by atoms with Gasteiger partial charge in [-0.15, -0.1) is 0 Å². The Bertz CT molecular complexity index is 267. The monoisotopic (exact) mass is 259 g/mol. The summed E-state index contributed by atoms with van der Waals surface area (Å²) in [6, 6.07) is 0. The number of aliphatic hydroxyl groups is 1. The largest absolute Gasteiger partial charge is 0.469 e. The highest BCUT2D eigenvalue weighted by Gasteiger charge is 2.05. The van der Waals surface area contributed by atoms with Gasteiger partial charge in [-0.3, -0.25) is 9.59 Å². The normalized spacial score (nSPS) is 11.7. The first kappa shape index (κ1) is 16.6. The van der Waals surface area contributed by atoms with Crippen LogP contribution in [0.15, 0.2) is 12.7 Å². The van der Waals surface area contributed by atoms with Crippen LogP contribution in [-0.2, 0) is 19.1 Å². The van der Waals surface area contributed by atoms with E-state index in [0.29, 0.717) is 13.2 Å². The topological polar surface area (TPSA) is 84.9 Å². The van der Waals surface area contributed by atoms with E-state index in [0.717, 1.165) is 12.8 Å². The second-order valence-corrected chi connectivity index (χ2v) is 3.63. The predicted octanol–water partition coefficient (Wildman–Crippen LogP) is 0.357. The van der Waals surface area contributed by atoms with Gasteiger partial charge in [0.05, 0.1) is 20.1 Å². The van der Waals surface area contributed by atoms with Crippen LogP contribution in [-0.4, -0.2) is 43.5 Å². The van der Waals surface area contributed by atoms with E-state index in [1.807, 2.05) is 0 Å². The summed E-state index contributed by atoms with van der Waals surface area (Å²) in [7, 11) is 1.29. The number of carbonyl (C=O) groups excluding carboxylic acids is 2. The van der Waals surface area contributed by atoms with Crippen molar-refractivity contribution in [2.24, 2.45) is 0 Å². The van der Waals surface area contributed by atoms with E-state index in [1.165, 1.54) is 13.2 Å². The van der Waals surface area contributed by atoms with Gasteiger partial charge < -0.3 is 19.9 Å². The van der Waals surface area contributed by atoms with E-state index in [1.54, 1.807) is 0 Å². The van der Waals surface area contributed by atoms with Gasteiger partial charge in [0.2, 0.25) is 5.91 Å². The first-order valence-electron chi connectivity index (χ1n) is 5.86. The molecule has 0 aromatic heterocycles. The zero-order valence-electron chi connectivity index (χ0n) is 10.7. The molecule has 0 aromatic carbocycles.